The highest BCUT2D eigenvalue weighted by Gasteiger charge is 2.12. The van der Waals surface area contributed by atoms with Gasteiger partial charge in [-0.3, -0.25) is 4.79 Å². The van der Waals surface area contributed by atoms with Crippen LogP contribution in [0.5, 0.6) is 17.2 Å². The van der Waals surface area contributed by atoms with Gasteiger partial charge in [0.25, 0.3) is 5.91 Å². The third kappa shape index (κ3) is 5.51. The van der Waals surface area contributed by atoms with Gasteiger partial charge in [0.15, 0.2) is 6.61 Å². The molecule has 3 aromatic carbocycles. The van der Waals surface area contributed by atoms with Crippen molar-refractivity contribution in [1.29, 1.82) is 0 Å². The zero-order valence-corrected chi connectivity index (χ0v) is 16.7. The van der Waals surface area contributed by atoms with Crippen molar-refractivity contribution >= 4 is 11.6 Å². The Hall–Kier alpha value is -3.47. The second-order valence-electron chi connectivity index (χ2n) is 6.22. The number of para-hydroxylation sites is 1. The summed E-state index contributed by atoms with van der Waals surface area (Å²) in [6.07, 6.45) is 0. The van der Waals surface area contributed by atoms with E-state index in [2.05, 4.69) is 5.32 Å². The van der Waals surface area contributed by atoms with Crippen molar-refractivity contribution in [1.82, 2.24) is 0 Å². The Morgan fingerprint density at radius 3 is 2.28 bits per heavy atom. The second-order valence-corrected chi connectivity index (χ2v) is 6.22. The van der Waals surface area contributed by atoms with Gasteiger partial charge in [0.1, 0.15) is 17.2 Å². The monoisotopic (exact) mass is 391 g/mol. The summed E-state index contributed by atoms with van der Waals surface area (Å²) >= 11 is 0. The van der Waals surface area contributed by atoms with E-state index in [1.54, 1.807) is 12.1 Å². The lowest BCUT2D eigenvalue weighted by Crippen LogP contribution is -2.21. The third-order valence-corrected chi connectivity index (χ3v) is 4.17. The van der Waals surface area contributed by atoms with Crippen LogP contribution in [0.2, 0.25) is 0 Å². The van der Waals surface area contributed by atoms with Crippen LogP contribution in [0.3, 0.4) is 0 Å². The first kappa shape index (κ1) is 20.3. The third-order valence-electron chi connectivity index (χ3n) is 4.17. The van der Waals surface area contributed by atoms with Gasteiger partial charge >= 0.3 is 0 Å². The van der Waals surface area contributed by atoms with Gasteiger partial charge in [0, 0.05) is 11.6 Å². The Bertz CT molecular complexity index is 941. The van der Waals surface area contributed by atoms with Crippen molar-refractivity contribution in [3.8, 4) is 28.4 Å². The second kappa shape index (κ2) is 10.2. The van der Waals surface area contributed by atoms with E-state index in [0.29, 0.717) is 36.1 Å². The molecule has 29 heavy (non-hydrogen) atoms. The Kier molecular flexibility index (Phi) is 7.11. The molecule has 0 aliphatic heterocycles. The fourth-order valence-corrected chi connectivity index (χ4v) is 2.92. The lowest BCUT2D eigenvalue weighted by atomic mass is 10.1. The molecule has 150 valence electrons. The van der Waals surface area contributed by atoms with Crippen molar-refractivity contribution < 1.29 is 19.0 Å². The lowest BCUT2D eigenvalue weighted by Gasteiger charge is -2.15. The first-order valence-corrected chi connectivity index (χ1v) is 9.68. The van der Waals surface area contributed by atoms with E-state index in [4.69, 9.17) is 14.2 Å². The molecule has 0 radical (unpaired) electrons. The van der Waals surface area contributed by atoms with Crippen LogP contribution in [0.15, 0.2) is 72.8 Å². The molecule has 0 unspecified atom stereocenters. The van der Waals surface area contributed by atoms with Crippen LogP contribution in [-0.4, -0.2) is 25.7 Å². The molecular weight excluding hydrogens is 366 g/mol. The van der Waals surface area contributed by atoms with Crippen LogP contribution in [0, 0.1) is 0 Å². The highest BCUT2D eigenvalue weighted by Crippen LogP contribution is 2.31. The van der Waals surface area contributed by atoms with Crippen LogP contribution in [0.4, 0.5) is 5.69 Å². The molecule has 0 atom stereocenters. The summed E-state index contributed by atoms with van der Waals surface area (Å²) in [4.78, 5) is 12.5. The van der Waals surface area contributed by atoms with E-state index in [0.717, 1.165) is 11.1 Å². The topological polar surface area (TPSA) is 56.8 Å². The maximum absolute atomic E-state index is 12.5. The quantitative estimate of drug-likeness (QED) is 0.547. The van der Waals surface area contributed by atoms with Gasteiger partial charge in [-0.25, -0.2) is 0 Å². The highest BCUT2D eigenvalue weighted by atomic mass is 16.5. The van der Waals surface area contributed by atoms with Gasteiger partial charge < -0.3 is 19.5 Å². The van der Waals surface area contributed by atoms with Crippen LogP contribution in [0.1, 0.15) is 13.8 Å². The van der Waals surface area contributed by atoms with E-state index in [9.17, 15) is 4.79 Å². The summed E-state index contributed by atoms with van der Waals surface area (Å²) in [5.41, 5.74) is 2.53. The van der Waals surface area contributed by atoms with Crippen molar-refractivity contribution in [2.24, 2.45) is 0 Å². The number of ether oxygens (including phenoxy) is 3. The molecule has 3 rings (SSSR count). The average Bonchev–Trinajstić information content (AvgIpc) is 2.75. The minimum absolute atomic E-state index is 0.117. The first-order chi connectivity index (χ1) is 14.2. The number of amides is 1. The van der Waals surface area contributed by atoms with E-state index in [1.807, 2.05) is 74.5 Å². The smallest absolute Gasteiger partial charge is 0.262 e. The largest absolute Gasteiger partial charge is 0.494 e. The molecule has 0 aliphatic rings. The summed E-state index contributed by atoms with van der Waals surface area (Å²) in [7, 11) is 0. The van der Waals surface area contributed by atoms with Crippen molar-refractivity contribution in [3.05, 3.63) is 72.8 Å². The molecule has 0 fully saturated rings. The standard InChI is InChI=1S/C24H25NO4/c1-3-27-19-14-15-23(28-4-2)21(16-19)25-24(26)17-29-22-13-9-8-12-20(22)18-10-6-5-7-11-18/h5-16H,3-4,17H2,1-2H3,(H,25,26). The van der Waals surface area contributed by atoms with Crippen molar-refractivity contribution in [3.63, 3.8) is 0 Å². The van der Waals surface area contributed by atoms with Gasteiger partial charge in [-0.05, 0) is 37.6 Å². The molecule has 5 nitrogen and oxygen atoms in total. The normalized spacial score (nSPS) is 10.3. The Morgan fingerprint density at radius 1 is 0.793 bits per heavy atom. The SMILES string of the molecule is CCOc1ccc(OCC)c(NC(=O)COc2ccccc2-c2ccccc2)c1. The summed E-state index contributed by atoms with van der Waals surface area (Å²) in [6.45, 7) is 4.73. The summed E-state index contributed by atoms with van der Waals surface area (Å²) in [6, 6.07) is 23.0. The number of carbonyl (C=O) groups excluding carboxylic acids is 1. The van der Waals surface area contributed by atoms with Gasteiger partial charge in [-0.2, -0.15) is 0 Å². The Morgan fingerprint density at radius 2 is 1.52 bits per heavy atom. The number of hydrogen-bond donors (Lipinski definition) is 1. The number of carbonyl (C=O) groups is 1. The van der Waals surface area contributed by atoms with Gasteiger partial charge in [-0.1, -0.05) is 48.5 Å². The lowest BCUT2D eigenvalue weighted by molar-refractivity contribution is -0.118. The Balaban J connectivity index is 1.70. The zero-order valence-electron chi connectivity index (χ0n) is 16.7. The molecule has 0 saturated carbocycles. The zero-order chi connectivity index (χ0) is 20.5. The molecule has 5 heteroatoms. The average molecular weight is 391 g/mol. The first-order valence-electron chi connectivity index (χ1n) is 9.68. The summed E-state index contributed by atoms with van der Waals surface area (Å²) in [5, 5.41) is 2.85. The molecule has 1 amide bonds. The number of nitrogens with one attached hydrogen (secondary N) is 1. The van der Waals surface area contributed by atoms with E-state index >= 15 is 0 Å². The summed E-state index contributed by atoms with van der Waals surface area (Å²) in [5.74, 6) is 1.64. The molecule has 0 saturated heterocycles. The van der Waals surface area contributed by atoms with Crippen LogP contribution >= 0.6 is 0 Å². The van der Waals surface area contributed by atoms with E-state index in [1.165, 1.54) is 0 Å². The predicted molar refractivity (Wildman–Crippen MR) is 115 cm³/mol. The minimum atomic E-state index is -0.275. The van der Waals surface area contributed by atoms with Gasteiger partial charge in [0.05, 0.1) is 18.9 Å². The highest BCUT2D eigenvalue weighted by molar-refractivity contribution is 5.93. The van der Waals surface area contributed by atoms with Crippen LogP contribution < -0.4 is 19.5 Å². The molecule has 0 aliphatic carbocycles. The maximum atomic E-state index is 12.5. The van der Waals surface area contributed by atoms with Crippen LogP contribution in [0.25, 0.3) is 11.1 Å². The molecule has 0 spiro atoms. The number of benzene rings is 3. The molecule has 0 heterocycles. The minimum Gasteiger partial charge on any atom is -0.494 e. The van der Waals surface area contributed by atoms with Gasteiger partial charge in [0.2, 0.25) is 0 Å². The van der Waals surface area contributed by atoms with Gasteiger partial charge in [-0.15, -0.1) is 0 Å². The van der Waals surface area contributed by atoms with Crippen molar-refractivity contribution in [2.45, 2.75) is 13.8 Å². The molecule has 0 bridgehead atoms. The van der Waals surface area contributed by atoms with E-state index < -0.39 is 0 Å². The number of anilines is 1. The van der Waals surface area contributed by atoms with E-state index in [-0.39, 0.29) is 12.5 Å². The Labute approximate surface area is 171 Å². The number of hydrogen-bond acceptors (Lipinski definition) is 4. The van der Waals surface area contributed by atoms with Crippen molar-refractivity contribution in [2.75, 3.05) is 25.1 Å². The molecule has 0 aromatic heterocycles. The fourth-order valence-electron chi connectivity index (χ4n) is 2.92. The molecule has 3 aromatic rings. The fraction of sp³-hybridized carbons (Fsp3) is 0.208. The van der Waals surface area contributed by atoms with Crippen LogP contribution in [-0.2, 0) is 4.79 Å². The predicted octanol–water partition coefficient (Wildman–Crippen LogP) is 5.17. The maximum Gasteiger partial charge on any atom is 0.262 e. The summed E-state index contributed by atoms with van der Waals surface area (Å²) < 4.78 is 16.9. The number of rotatable bonds is 9. The molecule has 1 N–H and O–H groups in total. The molecular formula is C24H25NO4.